The number of hydrogen-bond acceptors (Lipinski definition) is 1. The lowest BCUT2D eigenvalue weighted by Gasteiger charge is -2.38. The average Bonchev–Trinajstić information content (AvgIpc) is 2.39. The Labute approximate surface area is 115 Å². The molecule has 0 saturated heterocycles. The molecule has 2 unspecified atom stereocenters. The van der Waals surface area contributed by atoms with Crippen molar-refractivity contribution in [2.45, 2.75) is 85.1 Å². The van der Waals surface area contributed by atoms with Gasteiger partial charge < -0.3 is 5.32 Å². The molecule has 0 heterocycles. The van der Waals surface area contributed by atoms with Gasteiger partial charge in [0.1, 0.15) is 0 Å². The van der Waals surface area contributed by atoms with E-state index in [0.29, 0.717) is 0 Å². The first-order chi connectivity index (χ1) is 8.72. The molecule has 0 aromatic rings. The van der Waals surface area contributed by atoms with E-state index >= 15 is 0 Å². The molecule has 0 spiro atoms. The lowest BCUT2D eigenvalue weighted by Crippen LogP contribution is -2.43. The molecule has 0 aromatic carbocycles. The van der Waals surface area contributed by atoms with Crippen LogP contribution >= 0.6 is 0 Å². The van der Waals surface area contributed by atoms with Crippen molar-refractivity contribution in [3.8, 4) is 0 Å². The normalized spacial score (nSPS) is 28.0. The van der Waals surface area contributed by atoms with Crippen molar-refractivity contribution < 1.29 is 0 Å². The van der Waals surface area contributed by atoms with Gasteiger partial charge in [0.05, 0.1) is 0 Å². The van der Waals surface area contributed by atoms with Gasteiger partial charge in [0, 0.05) is 6.04 Å². The molecule has 108 valence electrons. The van der Waals surface area contributed by atoms with Crippen LogP contribution in [-0.4, -0.2) is 12.6 Å². The van der Waals surface area contributed by atoms with Crippen LogP contribution in [0.2, 0.25) is 0 Å². The molecule has 0 radical (unpaired) electrons. The van der Waals surface area contributed by atoms with Gasteiger partial charge in [-0.3, -0.25) is 0 Å². The fourth-order valence-corrected chi connectivity index (χ4v) is 3.70. The number of unbranched alkanes of at least 4 members (excludes halogenated alkanes) is 1. The summed E-state index contributed by atoms with van der Waals surface area (Å²) in [5.41, 5.74) is 0. The highest BCUT2D eigenvalue weighted by atomic mass is 14.9. The minimum atomic E-state index is 0.791. The SMILES string of the molecule is CCCCC(CC)C(NCC)C1CCC(C)CC1. The number of hydrogen-bond donors (Lipinski definition) is 1. The van der Waals surface area contributed by atoms with Gasteiger partial charge in [0.25, 0.3) is 0 Å². The van der Waals surface area contributed by atoms with Crippen LogP contribution in [0.5, 0.6) is 0 Å². The van der Waals surface area contributed by atoms with Crippen LogP contribution in [0.4, 0.5) is 0 Å². The van der Waals surface area contributed by atoms with E-state index in [1.807, 2.05) is 0 Å². The molecule has 18 heavy (non-hydrogen) atoms. The predicted molar refractivity (Wildman–Crippen MR) is 81.9 cm³/mol. The second-order valence-electron chi connectivity index (χ2n) is 6.41. The van der Waals surface area contributed by atoms with E-state index in [1.54, 1.807) is 0 Å². The topological polar surface area (TPSA) is 12.0 Å². The average molecular weight is 253 g/mol. The van der Waals surface area contributed by atoms with Gasteiger partial charge in [-0.2, -0.15) is 0 Å². The molecule has 1 aliphatic rings. The Hall–Kier alpha value is -0.0400. The zero-order chi connectivity index (χ0) is 13.4. The van der Waals surface area contributed by atoms with Crippen molar-refractivity contribution in [3.05, 3.63) is 0 Å². The maximum absolute atomic E-state index is 3.83. The summed E-state index contributed by atoms with van der Waals surface area (Å²) in [5, 5.41) is 3.83. The second-order valence-corrected chi connectivity index (χ2v) is 6.41. The van der Waals surface area contributed by atoms with Crippen molar-refractivity contribution in [2.24, 2.45) is 17.8 Å². The van der Waals surface area contributed by atoms with Gasteiger partial charge >= 0.3 is 0 Å². The van der Waals surface area contributed by atoms with Gasteiger partial charge in [-0.1, -0.05) is 59.8 Å². The predicted octanol–water partition coefficient (Wildman–Crippen LogP) is 5.01. The summed E-state index contributed by atoms with van der Waals surface area (Å²) >= 11 is 0. The Kier molecular flexibility index (Phi) is 7.97. The van der Waals surface area contributed by atoms with E-state index in [-0.39, 0.29) is 0 Å². The van der Waals surface area contributed by atoms with Crippen molar-refractivity contribution >= 4 is 0 Å². The highest BCUT2D eigenvalue weighted by Crippen LogP contribution is 2.34. The Morgan fingerprint density at radius 1 is 1.06 bits per heavy atom. The smallest absolute Gasteiger partial charge is 0.0123 e. The highest BCUT2D eigenvalue weighted by molar-refractivity contribution is 4.85. The second kappa shape index (κ2) is 8.96. The summed E-state index contributed by atoms with van der Waals surface area (Å²) in [6, 6.07) is 0.791. The first-order valence-corrected chi connectivity index (χ1v) is 8.46. The fourth-order valence-electron chi connectivity index (χ4n) is 3.70. The van der Waals surface area contributed by atoms with Crippen molar-refractivity contribution in [1.82, 2.24) is 5.32 Å². The first kappa shape index (κ1) is 16.0. The molecular weight excluding hydrogens is 218 g/mol. The van der Waals surface area contributed by atoms with E-state index in [0.717, 1.165) is 30.3 Å². The van der Waals surface area contributed by atoms with Crippen LogP contribution in [0.25, 0.3) is 0 Å². The summed E-state index contributed by atoms with van der Waals surface area (Å²) < 4.78 is 0. The van der Waals surface area contributed by atoms with Crippen molar-refractivity contribution in [2.75, 3.05) is 6.54 Å². The molecule has 1 fully saturated rings. The summed E-state index contributed by atoms with van der Waals surface area (Å²) in [6.07, 6.45) is 11.4. The minimum Gasteiger partial charge on any atom is -0.314 e. The zero-order valence-corrected chi connectivity index (χ0v) is 13.2. The molecule has 1 aliphatic carbocycles. The fraction of sp³-hybridized carbons (Fsp3) is 1.00. The van der Waals surface area contributed by atoms with E-state index in [1.165, 1.54) is 51.4 Å². The van der Waals surface area contributed by atoms with E-state index in [2.05, 4.69) is 33.0 Å². The lowest BCUT2D eigenvalue weighted by atomic mass is 9.74. The Morgan fingerprint density at radius 2 is 1.72 bits per heavy atom. The lowest BCUT2D eigenvalue weighted by molar-refractivity contribution is 0.174. The summed E-state index contributed by atoms with van der Waals surface area (Å²) in [7, 11) is 0. The van der Waals surface area contributed by atoms with Crippen LogP contribution in [0.3, 0.4) is 0 Å². The molecule has 0 bridgehead atoms. The summed E-state index contributed by atoms with van der Waals surface area (Å²) in [6.45, 7) is 10.5. The molecule has 0 aromatic heterocycles. The molecule has 2 atom stereocenters. The Balaban J connectivity index is 2.55. The maximum Gasteiger partial charge on any atom is 0.0123 e. The maximum atomic E-state index is 3.83. The van der Waals surface area contributed by atoms with E-state index in [4.69, 9.17) is 0 Å². The van der Waals surface area contributed by atoms with Gasteiger partial charge in [-0.05, 0) is 43.6 Å². The molecular formula is C17H35N. The van der Waals surface area contributed by atoms with E-state index in [9.17, 15) is 0 Å². The largest absolute Gasteiger partial charge is 0.314 e. The van der Waals surface area contributed by atoms with Crippen LogP contribution < -0.4 is 5.32 Å². The first-order valence-electron chi connectivity index (χ1n) is 8.46. The van der Waals surface area contributed by atoms with Crippen LogP contribution in [-0.2, 0) is 0 Å². The molecule has 1 N–H and O–H groups in total. The standard InChI is InChI=1S/C17H35N/c1-5-8-9-15(6-2)17(18-7-3)16-12-10-14(4)11-13-16/h14-18H,5-13H2,1-4H3. The molecule has 0 amide bonds. The highest BCUT2D eigenvalue weighted by Gasteiger charge is 2.30. The molecule has 0 aliphatic heterocycles. The van der Waals surface area contributed by atoms with E-state index < -0.39 is 0 Å². The van der Waals surface area contributed by atoms with Crippen LogP contribution in [0.15, 0.2) is 0 Å². The van der Waals surface area contributed by atoms with Crippen LogP contribution in [0.1, 0.15) is 79.1 Å². The third-order valence-electron chi connectivity index (χ3n) is 4.97. The Bertz CT molecular complexity index is 189. The van der Waals surface area contributed by atoms with Crippen LogP contribution in [0, 0.1) is 17.8 Å². The summed E-state index contributed by atoms with van der Waals surface area (Å²) in [4.78, 5) is 0. The van der Waals surface area contributed by atoms with Gasteiger partial charge in [-0.15, -0.1) is 0 Å². The molecule has 1 rings (SSSR count). The zero-order valence-electron chi connectivity index (χ0n) is 13.2. The molecule has 1 heteroatoms. The molecule has 1 nitrogen and oxygen atoms in total. The Morgan fingerprint density at radius 3 is 2.22 bits per heavy atom. The quantitative estimate of drug-likeness (QED) is 0.641. The molecule has 1 saturated carbocycles. The minimum absolute atomic E-state index is 0.791. The number of nitrogens with one attached hydrogen (secondary N) is 1. The van der Waals surface area contributed by atoms with Crippen molar-refractivity contribution in [1.29, 1.82) is 0 Å². The third kappa shape index (κ3) is 4.91. The number of rotatable bonds is 8. The summed E-state index contributed by atoms with van der Waals surface area (Å²) in [5.74, 6) is 2.82. The third-order valence-corrected chi connectivity index (χ3v) is 4.97. The monoisotopic (exact) mass is 253 g/mol. The van der Waals surface area contributed by atoms with Gasteiger partial charge in [0.2, 0.25) is 0 Å². The van der Waals surface area contributed by atoms with Gasteiger partial charge in [-0.25, -0.2) is 0 Å². The van der Waals surface area contributed by atoms with Gasteiger partial charge in [0.15, 0.2) is 0 Å². The van der Waals surface area contributed by atoms with Crippen molar-refractivity contribution in [3.63, 3.8) is 0 Å².